The first-order valence-corrected chi connectivity index (χ1v) is 14.6. The molecule has 0 aliphatic heterocycles. The number of nitrogens with two attached hydrogens (primary N) is 4. The summed E-state index contributed by atoms with van der Waals surface area (Å²) in [5, 5.41) is 7.20. The molecule has 3 aromatic rings. The molecule has 0 fully saturated rings. The van der Waals surface area contributed by atoms with Gasteiger partial charge in [-0.1, -0.05) is 30.3 Å². The molecule has 0 spiro atoms. The molecule has 0 radical (unpaired) electrons. The summed E-state index contributed by atoms with van der Waals surface area (Å²) in [7, 11) is 0. The van der Waals surface area contributed by atoms with Crippen LogP contribution in [0.15, 0.2) is 73.8 Å². The maximum absolute atomic E-state index is 13.5. The highest BCUT2D eigenvalue weighted by Crippen LogP contribution is 2.34. The van der Waals surface area contributed by atoms with Crippen LogP contribution in [0.2, 0.25) is 0 Å². The summed E-state index contributed by atoms with van der Waals surface area (Å²) in [6.45, 7) is 0.181. The minimum absolute atomic E-state index is 0.00835. The van der Waals surface area contributed by atoms with Crippen LogP contribution in [0.4, 0.5) is 23.7 Å². The van der Waals surface area contributed by atoms with Crippen molar-refractivity contribution >= 4 is 46.5 Å². The summed E-state index contributed by atoms with van der Waals surface area (Å²) >= 11 is 0. The molecule has 11 N–H and O–H groups in total. The molecule has 1 heterocycles. The number of anilines is 1. The zero-order valence-corrected chi connectivity index (χ0v) is 25.6. The summed E-state index contributed by atoms with van der Waals surface area (Å²) in [6.07, 6.45) is -5.18. The molecule has 2 unspecified atom stereocenters. The largest absolute Gasteiger partial charge is 0.445 e. The summed E-state index contributed by atoms with van der Waals surface area (Å²) in [4.78, 5) is 59.0. The fourth-order valence-electron chi connectivity index (χ4n) is 4.43. The number of hydrogen-bond donors (Lipinski definition) is 7. The maximum atomic E-state index is 13.5. The van der Waals surface area contributed by atoms with Crippen LogP contribution < -0.4 is 44.5 Å². The molecule has 0 aliphatic rings. The predicted octanol–water partition coefficient (Wildman–Crippen LogP) is 1.64. The molecule has 0 saturated carbocycles. The van der Waals surface area contributed by atoms with Crippen LogP contribution in [0.3, 0.4) is 0 Å². The van der Waals surface area contributed by atoms with Crippen molar-refractivity contribution in [1.82, 2.24) is 10.6 Å². The SMILES string of the molecule is NC(N)=NCCCC(NC(=O)OCc1ccccc1)C(=O)NC(CCCN=C(N)N)C(=O)Nc1ccc2c(C(F)(F)F)cc(=O)oc2c1. The number of fused-ring (bicyclic) bond motifs is 1. The monoisotopic (exact) mass is 675 g/mol. The van der Waals surface area contributed by atoms with Crippen LogP contribution >= 0.6 is 0 Å². The van der Waals surface area contributed by atoms with Crippen molar-refractivity contribution < 1.29 is 36.7 Å². The summed E-state index contributed by atoms with van der Waals surface area (Å²) < 4.78 is 50.6. The molecule has 15 nitrogen and oxygen atoms in total. The van der Waals surface area contributed by atoms with Gasteiger partial charge in [-0.2, -0.15) is 13.2 Å². The van der Waals surface area contributed by atoms with Gasteiger partial charge in [-0.3, -0.25) is 19.6 Å². The standard InChI is InChI=1S/C30H36F3N9O6/c31-30(32,33)20-15-24(43)48-23-14-18(10-11-19(20)23)40-25(44)21(8-4-12-38-27(34)35)41-26(45)22(9-5-13-39-28(36)37)42-29(46)47-16-17-6-2-1-3-7-17/h1-3,6-7,10-11,14-15,21-22H,4-5,8-9,12-13,16H2,(H,40,44)(H,41,45)(H,42,46)(H4,34,35,38)(H4,36,37,39). The van der Waals surface area contributed by atoms with E-state index in [0.29, 0.717) is 11.6 Å². The second-order valence-corrected chi connectivity index (χ2v) is 10.4. The van der Waals surface area contributed by atoms with E-state index in [9.17, 15) is 32.3 Å². The Balaban J connectivity index is 1.80. The number of hydrogen-bond acceptors (Lipinski definition) is 8. The number of nitrogens with one attached hydrogen (secondary N) is 3. The Bertz CT molecular complexity index is 1690. The number of alkyl carbamates (subject to hydrolysis) is 1. The van der Waals surface area contributed by atoms with E-state index in [2.05, 4.69) is 25.9 Å². The van der Waals surface area contributed by atoms with Gasteiger partial charge in [0, 0.05) is 36.3 Å². The molecule has 2 aromatic carbocycles. The van der Waals surface area contributed by atoms with Gasteiger partial charge < -0.3 is 48.0 Å². The van der Waals surface area contributed by atoms with Gasteiger partial charge in [0.25, 0.3) is 0 Å². The number of halogens is 3. The number of nitrogens with zero attached hydrogens (tertiary/aromatic N) is 2. The molecule has 2 atom stereocenters. The van der Waals surface area contributed by atoms with Gasteiger partial charge >= 0.3 is 17.9 Å². The number of carbonyl (C=O) groups excluding carboxylic acids is 3. The summed E-state index contributed by atoms with van der Waals surface area (Å²) in [5.74, 6) is -1.87. The lowest BCUT2D eigenvalue weighted by atomic mass is 10.1. The first-order valence-electron chi connectivity index (χ1n) is 14.6. The van der Waals surface area contributed by atoms with Crippen molar-refractivity contribution in [2.75, 3.05) is 18.4 Å². The third-order valence-corrected chi connectivity index (χ3v) is 6.66. The minimum atomic E-state index is -4.83. The van der Waals surface area contributed by atoms with Crippen LogP contribution in [0.25, 0.3) is 11.0 Å². The molecular formula is C30H36F3N9O6. The molecule has 3 amide bonds. The van der Waals surface area contributed by atoms with Crippen LogP contribution in [-0.4, -0.2) is 55.0 Å². The first-order chi connectivity index (χ1) is 22.7. The number of ether oxygens (including phenoxy) is 1. The molecule has 0 saturated heterocycles. The Hall–Kier alpha value is -5.81. The zero-order valence-electron chi connectivity index (χ0n) is 25.6. The van der Waals surface area contributed by atoms with Crippen molar-refractivity contribution in [3.8, 4) is 0 Å². The summed E-state index contributed by atoms with van der Waals surface area (Å²) in [6, 6.07) is 10.0. The van der Waals surface area contributed by atoms with Gasteiger partial charge in [-0.05, 0) is 43.4 Å². The number of rotatable bonds is 15. The van der Waals surface area contributed by atoms with Crippen molar-refractivity contribution in [1.29, 1.82) is 0 Å². The Labute approximate surface area is 272 Å². The van der Waals surface area contributed by atoms with Gasteiger partial charge in [-0.25, -0.2) is 9.59 Å². The second kappa shape index (κ2) is 17.2. The number of guanidine groups is 2. The van der Waals surface area contributed by atoms with E-state index in [0.717, 1.165) is 12.1 Å². The third-order valence-electron chi connectivity index (χ3n) is 6.66. The predicted molar refractivity (Wildman–Crippen MR) is 171 cm³/mol. The third kappa shape index (κ3) is 11.8. The Morgan fingerprint density at radius 1 is 0.833 bits per heavy atom. The molecule has 0 bridgehead atoms. The number of benzene rings is 2. The maximum Gasteiger partial charge on any atom is 0.417 e. The van der Waals surface area contributed by atoms with E-state index < -0.39 is 58.3 Å². The van der Waals surface area contributed by atoms with Crippen molar-refractivity contribution in [3.63, 3.8) is 0 Å². The lowest BCUT2D eigenvalue weighted by Gasteiger charge is -2.23. The van der Waals surface area contributed by atoms with Crippen molar-refractivity contribution in [3.05, 3.63) is 76.1 Å². The number of amides is 3. The smallest absolute Gasteiger partial charge is 0.417 e. The fourth-order valence-corrected chi connectivity index (χ4v) is 4.43. The number of carbonyl (C=O) groups is 3. The highest BCUT2D eigenvalue weighted by atomic mass is 19.4. The Morgan fingerprint density at radius 2 is 1.44 bits per heavy atom. The van der Waals surface area contributed by atoms with Gasteiger partial charge in [0.15, 0.2) is 11.9 Å². The van der Waals surface area contributed by atoms with E-state index in [-0.39, 0.29) is 63.0 Å². The highest BCUT2D eigenvalue weighted by Gasteiger charge is 2.34. The number of alkyl halides is 3. The van der Waals surface area contributed by atoms with Crippen molar-refractivity contribution in [2.45, 2.75) is 50.6 Å². The molecular weight excluding hydrogens is 639 g/mol. The molecule has 18 heteroatoms. The average Bonchev–Trinajstić information content (AvgIpc) is 3.02. The van der Waals surface area contributed by atoms with E-state index in [1.165, 1.54) is 6.07 Å². The Morgan fingerprint density at radius 3 is 2.02 bits per heavy atom. The van der Waals surface area contributed by atoms with Crippen LogP contribution in [0, 0.1) is 0 Å². The van der Waals surface area contributed by atoms with Gasteiger partial charge in [0.05, 0.1) is 5.56 Å². The topological polar surface area (TPSA) is 256 Å². The normalized spacial score (nSPS) is 12.3. The molecule has 258 valence electrons. The lowest BCUT2D eigenvalue weighted by Crippen LogP contribution is -2.52. The zero-order chi connectivity index (χ0) is 35.3. The van der Waals surface area contributed by atoms with E-state index in [1.807, 2.05) is 0 Å². The lowest BCUT2D eigenvalue weighted by molar-refractivity contribution is -0.136. The van der Waals surface area contributed by atoms with Gasteiger partial charge in [0.1, 0.15) is 24.3 Å². The quantitative estimate of drug-likeness (QED) is 0.0530. The molecule has 48 heavy (non-hydrogen) atoms. The van der Waals surface area contributed by atoms with Gasteiger partial charge in [0.2, 0.25) is 11.8 Å². The van der Waals surface area contributed by atoms with Crippen LogP contribution in [-0.2, 0) is 27.1 Å². The minimum Gasteiger partial charge on any atom is -0.445 e. The van der Waals surface area contributed by atoms with E-state index in [4.69, 9.17) is 32.1 Å². The summed E-state index contributed by atoms with van der Waals surface area (Å²) in [5.41, 5.74) is 19.3. The van der Waals surface area contributed by atoms with Gasteiger partial charge in [-0.15, -0.1) is 0 Å². The molecule has 1 aromatic heterocycles. The van der Waals surface area contributed by atoms with E-state index >= 15 is 0 Å². The van der Waals surface area contributed by atoms with E-state index in [1.54, 1.807) is 30.3 Å². The Kier molecular flexibility index (Phi) is 13.1. The van der Waals surface area contributed by atoms with Crippen molar-refractivity contribution in [2.24, 2.45) is 32.9 Å². The van der Waals surface area contributed by atoms with Crippen LogP contribution in [0.1, 0.15) is 36.8 Å². The highest BCUT2D eigenvalue weighted by molar-refractivity contribution is 5.99. The molecule has 3 rings (SSSR count). The second-order valence-electron chi connectivity index (χ2n) is 10.4. The fraction of sp³-hybridized carbons (Fsp3) is 0.333. The number of aliphatic imine (C=N–C) groups is 2. The molecule has 0 aliphatic carbocycles. The first kappa shape index (κ1) is 36.7. The average molecular weight is 676 g/mol. The van der Waals surface area contributed by atoms with Crippen LogP contribution in [0.5, 0.6) is 0 Å².